The molecule has 3 heteroatoms. The number of hydrogen-bond acceptors (Lipinski definition) is 3. The predicted octanol–water partition coefficient (Wildman–Crippen LogP) is 3.47. The Hall–Kier alpha value is -0.590. The molecule has 1 heterocycles. The van der Waals surface area contributed by atoms with E-state index in [1.807, 2.05) is 13.8 Å². The minimum atomic E-state index is -0.161. The first-order chi connectivity index (χ1) is 8.46. The van der Waals surface area contributed by atoms with E-state index in [-0.39, 0.29) is 5.41 Å². The third-order valence-electron chi connectivity index (χ3n) is 4.02. The first-order valence-corrected chi connectivity index (χ1v) is 7.39. The molecule has 0 aromatic heterocycles. The van der Waals surface area contributed by atoms with Gasteiger partial charge in [-0.15, -0.1) is 0 Å². The van der Waals surface area contributed by atoms with Crippen LogP contribution in [-0.2, 0) is 0 Å². The number of hydrogen-bond donors (Lipinski definition) is 1. The van der Waals surface area contributed by atoms with Crippen LogP contribution in [0, 0.1) is 16.7 Å². The van der Waals surface area contributed by atoms with Crippen LogP contribution >= 0.6 is 0 Å². The molecule has 0 aromatic carbocycles. The van der Waals surface area contributed by atoms with E-state index in [0.717, 1.165) is 25.8 Å². The molecule has 0 amide bonds. The molecule has 0 spiro atoms. The molecule has 0 aromatic rings. The number of piperidine rings is 1. The summed E-state index contributed by atoms with van der Waals surface area (Å²) in [5, 5.41) is 11.4. The van der Waals surface area contributed by atoms with E-state index in [2.05, 4.69) is 30.4 Å². The van der Waals surface area contributed by atoms with Gasteiger partial charge in [-0.1, -0.05) is 12.8 Å². The molecule has 0 radical (unpaired) electrons. The standard InChI is InChI=1S/C15H29N3/c1-13-8-7-9-14(2)18(13)17-11-6-5-10-15(3,4)12-16/h13-14,17H,5-11H2,1-4H3. The maximum atomic E-state index is 8.95. The van der Waals surface area contributed by atoms with Crippen molar-refractivity contribution in [1.29, 1.82) is 5.26 Å². The highest BCUT2D eigenvalue weighted by Crippen LogP contribution is 2.22. The zero-order chi connectivity index (χ0) is 13.6. The van der Waals surface area contributed by atoms with Crippen LogP contribution in [0.3, 0.4) is 0 Å². The SMILES string of the molecule is CC1CCCC(C)N1NCCCCC(C)(C)C#N. The number of nitrogens with zero attached hydrogens (tertiary/aromatic N) is 2. The summed E-state index contributed by atoms with van der Waals surface area (Å²) in [6, 6.07) is 3.68. The second-order valence-corrected chi connectivity index (χ2v) is 6.40. The Bertz CT molecular complexity index is 270. The summed E-state index contributed by atoms with van der Waals surface area (Å²) in [7, 11) is 0. The van der Waals surface area contributed by atoms with Gasteiger partial charge in [0.15, 0.2) is 0 Å². The molecule has 1 N–H and O–H groups in total. The Morgan fingerprint density at radius 2 is 1.83 bits per heavy atom. The average molecular weight is 251 g/mol. The minimum Gasteiger partial charge on any atom is -0.255 e. The summed E-state index contributed by atoms with van der Waals surface area (Å²) >= 11 is 0. The Kier molecular flexibility index (Phi) is 6.11. The van der Waals surface area contributed by atoms with Gasteiger partial charge >= 0.3 is 0 Å². The molecule has 1 aliphatic heterocycles. The summed E-state index contributed by atoms with van der Waals surface area (Å²) in [5.41, 5.74) is 3.41. The maximum absolute atomic E-state index is 8.95. The Morgan fingerprint density at radius 1 is 1.22 bits per heavy atom. The molecular weight excluding hydrogens is 222 g/mol. The summed E-state index contributed by atoms with van der Waals surface area (Å²) in [6.07, 6.45) is 7.25. The highest BCUT2D eigenvalue weighted by molar-refractivity contribution is 4.91. The van der Waals surface area contributed by atoms with Gasteiger partial charge in [0.1, 0.15) is 0 Å². The number of rotatable bonds is 6. The molecule has 0 saturated carbocycles. The average Bonchev–Trinajstić information content (AvgIpc) is 2.32. The number of nitrogens with one attached hydrogen (secondary N) is 1. The number of unbranched alkanes of at least 4 members (excludes halogenated alkanes) is 1. The fraction of sp³-hybridized carbons (Fsp3) is 0.933. The molecule has 104 valence electrons. The van der Waals surface area contributed by atoms with Gasteiger partial charge < -0.3 is 0 Å². The zero-order valence-corrected chi connectivity index (χ0v) is 12.5. The van der Waals surface area contributed by atoms with E-state index >= 15 is 0 Å². The fourth-order valence-electron chi connectivity index (χ4n) is 2.69. The van der Waals surface area contributed by atoms with Gasteiger partial charge in [-0.3, -0.25) is 5.43 Å². The second-order valence-electron chi connectivity index (χ2n) is 6.40. The molecule has 2 atom stereocenters. The first-order valence-electron chi connectivity index (χ1n) is 7.39. The van der Waals surface area contributed by atoms with Crippen LogP contribution < -0.4 is 5.43 Å². The third-order valence-corrected chi connectivity index (χ3v) is 4.02. The van der Waals surface area contributed by atoms with Crippen molar-refractivity contribution >= 4 is 0 Å². The van der Waals surface area contributed by atoms with Crippen LogP contribution in [-0.4, -0.2) is 23.6 Å². The molecular formula is C15H29N3. The van der Waals surface area contributed by atoms with Gasteiger partial charge in [-0.25, -0.2) is 5.01 Å². The van der Waals surface area contributed by atoms with Crippen LogP contribution in [0.2, 0.25) is 0 Å². The van der Waals surface area contributed by atoms with Gasteiger partial charge in [-0.2, -0.15) is 5.26 Å². The fourth-order valence-corrected chi connectivity index (χ4v) is 2.69. The van der Waals surface area contributed by atoms with Crippen molar-refractivity contribution in [2.75, 3.05) is 6.54 Å². The Balaban J connectivity index is 2.16. The van der Waals surface area contributed by atoms with Crippen LogP contribution in [0.1, 0.15) is 66.2 Å². The Morgan fingerprint density at radius 3 is 2.39 bits per heavy atom. The van der Waals surface area contributed by atoms with E-state index in [9.17, 15) is 0 Å². The van der Waals surface area contributed by atoms with Crippen molar-refractivity contribution < 1.29 is 0 Å². The summed E-state index contributed by atoms with van der Waals surface area (Å²) in [6.45, 7) is 9.70. The molecule has 0 bridgehead atoms. The van der Waals surface area contributed by atoms with E-state index < -0.39 is 0 Å². The topological polar surface area (TPSA) is 39.1 Å². The molecule has 1 saturated heterocycles. The van der Waals surface area contributed by atoms with Gasteiger partial charge in [-0.05, 0) is 53.4 Å². The normalized spacial score (nSPS) is 25.9. The van der Waals surface area contributed by atoms with Gasteiger partial charge in [0, 0.05) is 18.6 Å². The monoisotopic (exact) mass is 251 g/mol. The number of nitriles is 1. The highest BCUT2D eigenvalue weighted by atomic mass is 15.5. The lowest BCUT2D eigenvalue weighted by atomic mass is 9.89. The maximum Gasteiger partial charge on any atom is 0.0683 e. The van der Waals surface area contributed by atoms with Gasteiger partial charge in [0.05, 0.1) is 11.5 Å². The molecule has 3 nitrogen and oxygen atoms in total. The zero-order valence-electron chi connectivity index (χ0n) is 12.5. The van der Waals surface area contributed by atoms with Crippen molar-refractivity contribution in [3.63, 3.8) is 0 Å². The van der Waals surface area contributed by atoms with E-state index in [4.69, 9.17) is 5.26 Å². The molecule has 0 aliphatic carbocycles. The van der Waals surface area contributed by atoms with Crippen LogP contribution in [0.5, 0.6) is 0 Å². The lowest BCUT2D eigenvalue weighted by molar-refractivity contribution is 0.0458. The molecule has 2 unspecified atom stereocenters. The largest absolute Gasteiger partial charge is 0.255 e. The van der Waals surface area contributed by atoms with Crippen molar-refractivity contribution in [2.45, 2.75) is 78.3 Å². The summed E-state index contributed by atoms with van der Waals surface area (Å²) in [4.78, 5) is 0. The van der Waals surface area contributed by atoms with Crippen molar-refractivity contribution in [2.24, 2.45) is 5.41 Å². The smallest absolute Gasteiger partial charge is 0.0683 e. The van der Waals surface area contributed by atoms with Crippen molar-refractivity contribution in [3.8, 4) is 6.07 Å². The van der Waals surface area contributed by atoms with Crippen molar-refractivity contribution in [3.05, 3.63) is 0 Å². The van der Waals surface area contributed by atoms with E-state index in [1.54, 1.807) is 0 Å². The predicted molar refractivity (Wildman–Crippen MR) is 75.9 cm³/mol. The first kappa shape index (κ1) is 15.5. The van der Waals surface area contributed by atoms with Crippen LogP contribution in [0.15, 0.2) is 0 Å². The molecule has 18 heavy (non-hydrogen) atoms. The second kappa shape index (κ2) is 7.11. The highest BCUT2D eigenvalue weighted by Gasteiger charge is 2.24. The summed E-state index contributed by atoms with van der Waals surface area (Å²) < 4.78 is 0. The van der Waals surface area contributed by atoms with Crippen LogP contribution in [0.25, 0.3) is 0 Å². The molecule has 1 rings (SSSR count). The quantitative estimate of drug-likeness (QED) is 0.735. The van der Waals surface area contributed by atoms with Crippen molar-refractivity contribution in [1.82, 2.24) is 10.4 Å². The van der Waals surface area contributed by atoms with E-state index in [1.165, 1.54) is 19.3 Å². The van der Waals surface area contributed by atoms with Gasteiger partial charge in [0.25, 0.3) is 0 Å². The molecule has 1 aliphatic rings. The third kappa shape index (κ3) is 4.96. The Labute approximate surface area is 113 Å². The number of hydrazine groups is 1. The lowest BCUT2D eigenvalue weighted by Gasteiger charge is -2.39. The van der Waals surface area contributed by atoms with E-state index in [0.29, 0.717) is 12.1 Å². The minimum absolute atomic E-state index is 0.161. The molecule has 1 fully saturated rings. The van der Waals surface area contributed by atoms with Crippen LogP contribution in [0.4, 0.5) is 0 Å². The van der Waals surface area contributed by atoms with Gasteiger partial charge in [0.2, 0.25) is 0 Å². The lowest BCUT2D eigenvalue weighted by Crippen LogP contribution is -2.52. The summed E-state index contributed by atoms with van der Waals surface area (Å²) in [5.74, 6) is 0.